The predicted octanol–water partition coefficient (Wildman–Crippen LogP) is 10.7. The van der Waals surface area contributed by atoms with Gasteiger partial charge < -0.3 is 4.74 Å². The minimum atomic E-state index is 0.0439. The molecular weight excluding hydrogens is 392 g/mol. The molecule has 0 spiro atoms. The van der Waals surface area contributed by atoms with Crippen LogP contribution in [0.25, 0.3) is 0 Å². The summed E-state index contributed by atoms with van der Waals surface area (Å²) in [5.41, 5.74) is 0. The molecule has 192 valence electrons. The van der Waals surface area contributed by atoms with Crippen LogP contribution in [0.3, 0.4) is 0 Å². The Balaban J connectivity index is 3.74. The van der Waals surface area contributed by atoms with Crippen LogP contribution in [0.1, 0.15) is 181 Å². The number of hydrogen-bond acceptors (Lipinski definition) is 2. The van der Waals surface area contributed by atoms with Crippen molar-refractivity contribution in [3.8, 4) is 0 Å². The predicted molar refractivity (Wildman–Crippen MR) is 142 cm³/mol. The van der Waals surface area contributed by atoms with E-state index in [1.165, 1.54) is 122 Å². The molecule has 0 aromatic heterocycles. The van der Waals surface area contributed by atoms with Crippen molar-refractivity contribution in [2.75, 3.05) is 0 Å². The second-order valence-electron chi connectivity index (χ2n) is 10.2. The Labute approximate surface area is 203 Å². The van der Waals surface area contributed by atoms with Crippen LogP contribution in [0.2, 0.25) is 0 Å². The van der Waals surface area contributed by atoms with E-state index in [2.05, 4.69) is 20.8 Å². The Morgan fingerprint density at radius 1 is 0.469 bits per heavy atom. The number of esters is 1. The van der Waals surface area contributed by atoms with E-state index >= 15 is 0 Å². The van der Waals surface area contributed by atoms with Crippen molar-refractivity contribution >= 4 is 5.97 Å². The maximum atomic E-state index is 12.2. The summed E-state index contributed by atoms with van der Waals surface area (Å²) in [6.45, 7) is 6.73. The molecule has 0 aromatic carbocycles. The van der Waals surface area contributed by atoms with Gasteiger partial charge >= 0.3 is 5.97 Å². The van der Waals surface area contributed by atoms with Gasteiger partial charge in [0.1, 0.15) is 6.10 Å². The van der Waals surface area contributed by atoms with Gasteiger partial charge in [0, 0.05) is 6.42 Å². The molecule has 0 heterocycles. The lowest BCUT2D eigenvalue weighted by molar-refractivity contribution is -0.150. The zero-order chi connectivity index (χ0) is 23.5. The van der Waals surface area contributed by atoms with Crippen LogP contribution in [0.4, 0.5) is 0 Å². The number of ether oxygens (including phenoxy) is 1. The van der Waals surface area contributed by atoms with E-state index in [-0.39, 0.29) is 12.1 Å². The van der Waals surface area contributed by atoms with E-state index < -0.39 is 0 Å². The first-order valence-corrected chi connectivity index (χ1v) is 14.9. The number of hydrogen-bond donors (Lipinski definition) is 0. The molecule has 0 aliphatic carbocycles. The molecule has 2 nitrogen and oxygen atoms in total. The summed E-state index contributed by atoms with van der Waals surface area (Å²) < 4.78 is 5.88. The number of rotatable bonds is 26. The summed E-state index contributed by atoms with van der Waals surface area (Å²) in [5, 5.41) is 0. The second kappa shape index (κ2) is 26.7. The summed E-state index contributed by atoms with van der Waals surface area (Å²) in [6, 6.07) is 0. The Morgan fingerprint density at radius 3 is 1.16 bits per heavy atom. The van der Waals surface area contributed by atoms with Crippen LogP contribution < -0.4 is 0 Å². The molecule has 0 aliphatic rings. The van der Waals surface area contributed by atoms with Crippen LogP contribution in [0, 0.1) is 0 Å². The first-order valence-electron chi connectivity index (χ1n) is 14.9. The summed E-state index contributed by atoms with van der Waals surface area (Å²) in [4.78, 5) is 12.2. The van der Waals surface area contributed by atoms with Crippen molar-refractivity contribution in [2.45, 2.75) is 187 Å². The molecule has 0 aromatic rings. The van der Waals surface area contributed by atoms with Gasteiger partial charge in [0.2, 0.25) is 0 Å². The minimum Gasteiger partial charge on any atom is -0.462 e. The average Bonchev–Trinajstić information content (AvgIpc) is 2.79. The standard InChI is InChI=1S/C30H60O2/c1-4-7-10-12-13-14-15-16-17-18-19-20-22-25-27-29(26-24-21-11-8-5-2)32-30(31)28-23-9-6-3/h29H,4-28H2,1-3H3. The summed E-state index contributed by atoms with van der Waals surface area (Å²) >= 11 is 0. The fourth-order valence-electron chi connectivity index (χ4n) is 4.57. The topological polar surface area (TPSA) is 26.3 Å². The van der Waals surface area contributed by atoms with Crippen LogP contribution in [-0.4, -0.2) is 12.1 Å². The van der Waals surface area contributed by atoms with Gasteiger partial charge in [-0.15, -0.1) is 0 Å². The zero-order valence-corrected chi connectivity index (χ0v) is 22.6. The summed E-state index contributed by atoms with van der Waals surface area (Å²) in [5.74, 6) is 0.0439. The molecule has 0 bridgehead atoms. The SMILES string of the molecule is CCCCCCCCCCCCCCCCC(CCCCCCC)OC(=O)CCCCC. The summed E-state index contributed by atoms with van der Waals surface area (Å²) in [6.07, 6.45) is 32.2. The van der Waals surface area contributed by atoms with Gasteiger partial charge in [-0.1, -0.05) is 143 Å². The molecule has 1 unspecified atom stereocenters. The lowest BCUT2D eigenvalue weighted by atomic mass is 10.0. The molecule has 0 N–H and O–H groups in total. The van der Waals surface area contributed by atoms with Gasteiger partial charge in [-0.3, -0.25) is 4.79 Å². The lowest BCUT2D eigenvalue weighted by Gasteiger charge is -2.18. The highest BCUT2D eigenvalue weighted by Crippen LogP contribution is 2.18. The zero-order valence-electron chi connectivity index (χ0n) is 22.6. The van der Waals surface area contributed by atoms with E-state index in [0.29, 0.717) is 6.42 Å². The van der Waals surface area contributed by atoms with E-state index in [1.54, 1.807) is 0 Å². The Hall–Kier alpha value is -0.530. The van der Waals surface area contributed by atoms with Crippen LogP contribution in [0.15, 0.2) is 0 Å². The van der Waals surface area contributed by atoms with Gasteiger partial charge in [-0.05, 0) is 32.1 Å². The molecule has 0 rings (SSSR count). The molecule has 32 heavy (non-hydrogen) atoms. The lowest BCUT2D eigenvalue weighted by Crippen LogP contribution is -2.18. The normalized spacial score (nSPS) is 12.2. The minimum absolute atomic E-state index is 0.0439. The third kappa shape index (κ3) is 24.1. The van der Waals surface area contributed by atoms with Gasteiger partial charge in [-0.2, -0.15) is 0 Å². The quantitative estimate of drug-likeness (QED) is 0.0963. The van der Waals surface area contributed by atoms with E-state index in [4.69, 9.17) is 4.74 Å². The number of unbranched alkanes of at least 4 members (excludes halogenated alkanes) is 19. The number of carbonyl (C=O) groups is 1. The highest BCUT2D eigenvalue weighted by molar-refractivity contribution is 5.69. The molecular formula is C30H60O2. The van der Waals surface area contributed by atoms with Crippen LogP contribution >= 0.6 is 0 Å². The third-order valence-electron chi connectivity index (χ3n) is 6.79. The van der Waals surface area contributed by atoms with Crippen molar-refractivity contribution in [3.63, 3.8) is 0 Å². The first kappa shape index (κ1) is 31.5. The molecule has 0 aliphatic heterocycles. The fraction of sp³-hybridized carbons (Fsp3) is 0.967. The van der Waals surface area contributed by atoms with E-state index in [0.717, 1.165) is 32.1 Å². The van der Waals surface area contributed by atoms with Gasteiger partial charge in [0.05, 0.1) is 0 Å². The fourth-order valence-corrected chi connectivity index (χ4v) is 4.57. The van der Waals surface area contributed by atoms with Crippen molar-refractivity contribution in [2.24, 2.45) is 0 Å². The van der Waals surface area contributed by atoms with E-state index in [9.17, 15) is 4.79 Å². The smallest absolute Gasteiger partial charge is 0.306 e. The van der Waals surface area contributed by atoms with Crippen molar-refractivity contribution in [1.29, 1.82) is 0 Å². The van der Waals surface area contributed by atoms with Crippen LogP contribution in [-0.2, 0) is 9.53 Å². The third-order valence-corrected chi connectivity index (χ3v) is 6.79. The Kier molecular flexibility index (Phi) is 26.3. The van der Waals surface area contributed by atoms with Gasteiger partial charge in [0.25, 0.3) is 0 Å². The Morgan fingerprint density at radius 2 is 0.781 bits per heavy atom. The van der Waals surface area contributed by atoms with Crippen molar-refractivity contribution < 1.29 is 9.53 Å². The van der Waals surface area contributed by atoms with Crippen LogP contribution in [0.5, 0.6) is 0 Å². The first-order chi connectivity index (χ1) is 15.7. The molecule has 0 saturated carbocycles. The highest BCUT2D eigenvalue weighted by Gasteiger charge is 2.14. The summed E-state index contributed by atoms with van der Waals surface area (Å²) in [7, 11) is 0. The van der Waals surface area contributed by atoms with Crippen molar-refractivity contribution in [1.82, 2.24) is 0 Å². The molecule has 2 heteroatoms. The molecule has 0 saturated heterocycles. The van der Waals surface area contributed by atoms with Gasteiger partial charge in [-0.25, -0.2) is 0 Å². The average molecular weight is 453 g/mol. The molecule has 0 fully saturated rings. The highest BCUT2D eigenvalue weighted by atomic mass is 16.5. The maximum absolute atomic E-state index is 12.2. The van der Waals surface area contributed by atoms with Crippen molar-refractivity contribution in [3.05, 3.63) is 0 Å². The van der Waals surface area contributed by atoms with Gasteiger partial charge in [0.15, 0.2) is 0 Å². The maximum Gasteiger partial charge on any atom is 0.306 e. The monoisotopic (exact) mass is 452 g/mol. The second-order valence-corrected chi connectivity index (χ2v) is 10.2. The molecule has 0 radical (unpaired) electrons. The van der Waals surface area contributed by atoms with E-state index in [1.807, 2.05) is 0 Å². The largest absolute Gasteiger partial charge is 0.462 e. The molecule has 0 amide bonds. The molecule has 1 atom stereocenters. The Bertz CT molecular complexity index is 366. The number of carbonyl (C=O) groups excluding carboxylic acids is 1.